The number of ether oxygens (including phenoxy) is 2. The molecule has 3 atom stereocenters. The molecule has 1 N–H and O–H groups in total. The number of hydrogen-bond acceptors (Lipinski definition) is 5. The summed E-state index contributed by atoms with van der Waals surface area (Å²) in [7, 11) is 0. The van der Waals surface area contributed by atoms with Crippen LogP contribution in [0, 0.1) is 17.8 Å². The number of hydrogen-bond donors (Lipinski definition) is 1. The van der Waals surface area contributed by atoms with Gasteiger partial charge in [0.15, 0.2) is 5.92 Å². The van der Waals surface area contributed by atoms with Crippen LogP contribution in [0.3, 0.4) is 0 Å². The minimum Gasteiger partial charge on any atom is -0.465 e. The summed E-state index contributed by atoms with van der Waals surface area (Å²) < 4.78 is 10.1. The first-order valence-corrected chi connectivity index (χ1v) is 7.67. The van der Waals surface area contributed by atoms with Gasteiger partial charge in [-0.05, 0) is 51.4 Å². The molecule has 0 bridgehead atoms. The van der Waals surface area contributed by atoms with E-state index in [0.29, 0.717) is 19.3 Å². The average molecular weight is 336 g/mol. The van der Waals surface area contributed by atoms with Crippen molar-refractivity contribution in [3.63, 3.8) is 0 Å². The molecule has 0 saturated heterocycles. The molecule has 0 amide bonds. The van der Waals surface area contributed by atoms with Gasteiger partial charge in [-0.3, -0.25) is 9.59 Å². The Balaban J connectivity index is 0. The van der Waals surface area contributed by atoms with Gasteiger partial charge in [0.05, 0.1) is 19.3 Å². The molecule has 3 unspecified atom stereocenters. The van der Waals surface area contributed by atoms with Gasteiger partial charge in [0.1, 0.15) is 0 Å². The molecule has 1 aliphatic rings. The molecular formula is C16H30BNaO5. The second-order valence-electron chi connectivity index (χ2n) is 5.40. The maximum absolute atomic E-state index is 12.2. The minimum absolute atomic E-state index is 0. The van der Waals surface area contributed by atoms with E-state index in [1.165, 1.54) is 0 Å². The smallest absolute Gasteiger partial charge is 0.465 e. The third-order valence-corrected chi connectivity index (χ3v) is 4.00. The summed E-state index contributed by atoms with van der Waals surface area (Å²) in [5.41, 5.74) is 0. The van der Waals surface area contributed by atoms with Crippen LogP contribution < -0.4 is 29.6 Å². The van der Waals surface area contributed by atoms with Crippen LogP contribution in [0.1, 0.15) is 39.5 Å². The van der Waals surface area contributed by atoms with Gasteiger partial charge < -0.3 is 14.6 Å². The van der Waals surface area contributed by atoms with E-state index in [-0.39, 0.29) is 63.0 Å². The largest absolute Gasteiger partial charge is 1.00 e. The van der Waals surface area contributed by atoms with Crippen molar-refractivity contribution in [3.8, 4) is 0 Å². The third kappa shape index (κ3) is 7.42. The van der Waals surface area contributed by atoms with Crippen LogP contribution in [0.25, 0.3) is 0 Å². The second-order valence-corrected chi connectivity index (χ2v) is 5.40. The van der Waals surface area contributed by atoms with Crippen molar-refractivity contribution in [1.82, 2.24) is 0 Å². The number of esters is 2. The van der Waals surface area contributed by atoms with E-state index < -0.39 is 24.0 Å². The number of rotatable bonds is 7. The van der Waals surface area contributed by atoms with Gasteiger partial charge in [-0.15, -0.1) is 6.58 Å². The van der Waals surface area contributed by atoms with Crippen molar-refractivity contribution < 1.29 is 53.7 Å². The van der Waals surface area contributed by atoms with Crippen molar-refractivity contribution in [3.05, 3.63) is 12.7 Å². The van der Waals surface area contributed by atoms with Crippen molar-refractivity contribution in [2.45, 2.75) is 45.6 Å². The molecule has 1 aliphatic carbocycles. The van der Waals surface area contributed by atoms with E-state index in [9.17, 15) is 14.7 Å². The molecule has 1 rings (SSSR count). The number of carbonyl (C=O) groups is 2. The Labute approximate surface area is 163 Å². The van der Waals surface area contributed by atoms with E-state index in [0.717, 1.165) is 6.42 Å². The first kappa shape index (κ1) is 25.0. The number of allylic oxidation sites excluding steroid dienone is 1. The molecule has 1 saturated carbocycles. The fraction of sp³-hybridized carbons (Fsp3) is 0.750. The predicted molar refractivity (Wildman–Crippen MR) is 89.7 cm³/mol. The first-order chi connectivity index (χ1) is 10.0. The van der Waals surface area contributed by atoms with E-state index in [1.807, 2.05) is 0 Å². The molecule has 128 valence electrons. The molecule has 0 heterocycles. The van der Waals surface area contributed by atoms with E-state index >= 15 is 0 Å². The molecule has 0 aromatic rings. The SMILES string of the molecule is C=CCC1CCC(O)CC1C(C(=O)OCC)C(=O)OCC.[BH4-].[Na+]. The van der Waals surface area contributed by atoms with Crippen LogP contribution in [-0.2, 0) is 19.1 Å². The van der Waals surface area contributed by atoms with Crippen LogP contribution in [0.2, 0.25) is 0 Å². The summed E-state index contributed by atoms with van der Waals surface area (Å²) in [6.07, 6.45) is 3.90. The molecule has 0 radical (unpaired) electrons. The zero-order valence-electron chi connectivity index (χ0n) is 13.9. The van der Waals surface area contributed by atoms with Crippen molar-refractivity contribution in [2.75, 3.05) is 13.2 Å². The van der Waals surface area contributed by atoms with Gasteiger partial charge in [-0.2, -0.15) is 0 Å². The van der Waals surface area contributed by atoms with E-state index in [1.54, 1.807) is 19.9 Å². The molecule has 5 nitrogen and oxygen atoms in total. The summed E-state index contributed by atoms with van der Waals surface area (Å²) in [5, 5.41) is 9.91. The standard InChI is InChI=1S/C16H26O5.BH4.Na/c1-4-7-11-8-9-12(17)10-13(11)14(15(18)20-5-2)16(19)21-6-3;;/h4,11-14,17H,1,5-10H2,2-3H3;1H4;/q;-1;+1. The third-order valence-electron chi connectivity index (χ3n) is 4.00. The molecule has 7 heteroatoms. The van der Waals surface area contributed by atoms with Gasteiger partial charge in [0, 0.05) is 0 Å². The first-order valence-electron chi connectivity index (χ1n) is 7.67. The average Bonchev–Trinajstić information content (AvgIpc) is 2.43. The number of aliphatic hydroxyl groups is 1. The number of aliphatic hydroxyl groups excluding tert-OH is 1. The normalized spacial score (nSPS) is 23.2. The van der Waals surface area contributed by atoms with Gasteiger partial charge >= 0.3 is 41.5 Å². The quantitative estimate of drug-likeness (QED) is 0.244. The monoisotopic (exact) mass is 336 g/mol. The van der Waals surface area contributed by atoms with Crippen molar-refractivity contribution in [1.29, 1.82) is 0 Å². The predicted octanol–water partition coefficient (Wildman–Crippen LogP) is -2.37. The molecule has 0 aromatic carbocycles. The molecular weight excluding hydrogens is 306 g/mol. The zero-order valence-corrected chi connectivity index (χ0v) is 15.9. The van der Waals surface area contributed by atoms with Gasteiger partial charge in [0.2, 0.25) is 0 Å². The van der Waals surface area contributed by atoms with Crippen LogP contribution in [0.4, 0.5) is 0 Å². The Morgan fingerprint density at radius 2 is 1.74 bits per heavy atom. The number of carbonyl (C=O) groups excluding carboxylic acids is 2. The summed E-state index contributed by atoms with van der Waals surface area (Å²) in [4.78, 5) is 24.4. The van der Waals surface area contributed by atoms with Gasteiger partial charge in [-0.25, -0.2) is 0 Å². The molecule has 0 aliphatic heterocycles. The molecule has 0 spiro atoms. The molecule has 23 heavy (non-hydrogen) atoms. The summed E-state index contributed by atoms with van der Waals surface area (Å²) in [6, 6.07) is 0. The van der Waals surface area contributed by atoms with Crippen LogP contribution in [0.5, 0.6) is 0 Å². The Morgan fingerprint density at radius 3 is 2.17 bits per heavy atom. The van der Waals surface area contributed by atoms with Crippen molar-refractivity contribution >= 4 is 20.4 Å². The van der Waals surface area contributed by atoms with Crippen molar-refractivity contribution in [2.24, 2.45) is 17.8 Å². The van der Waals surface area contributed by atoms with E-state index in [4.69, 9.17) is 9.47 Å². The molecule has 1 fully saturated rings. The summed E-state index contributed by atoms with van der Waals surface area (Å²) in [5.74, 6) is -2.17. The summed E-state index contributed by atoms with van der Waals surface area (Å²) >= 11 is 0. The van der Waals surface area contributed by atoms with E-state index in [2.05, 4.69) is 6.58 Å². The maximum Gasteiger partial charge on any atom is 1.00 e. The topological polar surface area (TPSA) is 72.8 Å². The van der Waals surface area contributed by atoms with Crippen LogP contribution in [0.15, 0.2) is 12.7 Å². The summed E-state index contributed by atoms with van der Waals surface area (Å²) in [6.45, 7) is 7.58. The van der Waals surface area contributed by atoms with Gasteiger partial charge in [0.25, 0.3) is 0 Å². The fourth-order valence-electron chi connectivity index (χ4n) is 3.07. The minimum atomic E-state index is -0.954. The zero-order chi connectivity index (χ0) is 15.8. The maximum atomic E-state index is 12.2. The Morgan fingerprint density at radius 1 is 1.22 bits per heavy atom. The van der Waals surface area contributed by atoms with Crippen LogP contribution >= 0.6 is 0 Å². The Bertz CT molecular complexity index is 359. The second kappa shape index (κ2) is 13.0. The Hall–Kier alpha value is -0.295. The molecule has 0 aromatic heterocycles. The fourth-order valence-corrected chi connectivity index (χ4v) is 3.07. The van der Waals surface area contributed by atoms with Gasteiger partial charge in [-0.1, -0.05) is 14.5 Å². The van der Waals surface area contributed by atoms with Crippen LogP contribution in [-0.4, -0.2) is 44.8 Å². The Kier molecular flexibility index (Phi) is 14.2.